The lowest BCUT2D eigenvalue weighted by atomic mass is 9.99. The summed E-state index contributed by atoms with van der Waals surface area (Å²) in [4.78, 5) is 47.9. The molecule has 266 valence electrons. The molecule has 4 amide bonds. The van der Waals surface area contributed by atoms with Gasteiger partial charge in [-0.05, 0) is 61.4 Å². The van der Waals surface area contributed by atoms with Crippen LogP contribution in [-0.2, 0) is 28.5 Å². The number of nitrogens with one attached hydrogen (secondary N) is 2. The number of benzene rings is 2. The molecular weight excluding hydrogens is 663 g/mol. The molecule has 2 aromatic rings. The highest BCUT2D eigenvalue weighted by atomic mass is 35.5. The molecule has 4 aliphatic heterocycles. The summed E-state index contributed by atoms with van der Waals surface area (Å²) in [6, 6.07) is 9.90. The van der Waals surface area contributed by atoms with E-state index in [0.29, 0.717) is 58.0 Å². The molecule has 1 atom stereocenters. The number of halogens is 4. The van der Waals surface area contributed by atoms with Crippen molar-refractivity contribution in [3.8, 4) is 0 Å². The number of amides is 4. The third-order valence-corrected chi connectivity index (χ3v) is 10.5. The number of rotatable bonds is 6. The van der Waals surface area contributed by atoms with Gasteiger partial charge < -0.3 is 35.8 Å². The van der Waals surface area contributed by atoms with Crippen LogP contribution in [-0.4, -0.2) is 115 Å². The van der Waals surface area contributed by atoms with E-state index in [-0.39, 0.29) is 29.1 Å². The second-order valence-electron chi connectivity index (χ2n) is 13.2. The molecule has 11 nitrogen and oxygen atoms in total. The number of hydrogen-bond donors (Lipinski definition) is 3. The second kappa shape index (κ2) is 15.0. The summed E-state index contributed by atoms with van der Waals surface area (Å²) in [6.45, 7) is 5.73. The van der Waals surface area contributed by atoms with Gasteiger partial charge in [0.05, 0.1) is 16.3 Å². The zero-order chi connectivity index (χ0) is 34.7. The number of para-hydroxylation sites is 1. The van der Waals surface area contributed by atoms with E-state index < -0.39 is 35.5 Å². The number of anilines is 2. The molecule has 3 fully saturated rings. The fourth-order valence-corrected chi connectivity index (χ4v) is 7.66. The molecule has 0 aromatic heterocycles. The van der Waals surface area contributed by atoms with Gasteiger partial charge in [-0.15, -0.1) is 0 Å². The van der Waals surface area contributed by atoms with Crippen LogP contribution in [0.2, 0.25) is 5.02 Å². The number of piperidine rings is 2. The Balaban J connectivity index is 1.12. The Morgan fingerprint density at radius 1 is 0.939 bits per heavy atom. The van der Waals surface area contributed by atoms with Gasteiger partial charge in [-0.3, -0.25) is 9.69 Å². The first-order valence-electron chi connectivity index (χ1n) is 17.0. The van der Waals surface area contributed by atoms with E-state index in [4.69, 9.17) is 22.1 Å². The number of alkyl halides is 3. The van der Waals surface area contributed by atoms with Crippen LogP contribution in [0, 0.1) is 0 Å². The SMILES string of the molecule is Nc1c(Cl)cc(C[C@@H](OC(=O)N2CCC(N3CCc4ccccc4NC3=O)CC2)C(=O)N2CCC(N3CCNCC3)CC2)cc1C(F)(F)F. The van der Waals surface area contributed by atoms with Crippen molar-refractivity contribution < 1.29 is 32.3 Å². The van der Waals surface area contributed by atoms with Crippen LogP contribution in [0.3, 0.4) is 0 Å². The summed E-state index contributed by atoms with van der Waals surface area (Å²) in [5.74, 6) is -0.454. The van der Waals surface area contributed by atoms with Gasteiger partial charge in [0.25, 0.3) is 5.91 Å². The number of hydrogen-bond acceptors (Lipinski definition) is 7. The van der Waals surface area contributed by atoms with Crippen molar-refractivity contribution in [2.45, 2.75) is 62.9 Å². The lowest BCUT2D eigenvalue weighted by Gasteiger charge is -2.41. The van der Waals surface area contributed by atoms with Gasteiger partial charge in [-0.1, -0.05) is 29.8 Å². The molecule has 0 aliphatic carbocycles. The van der Waals surface area contributed by atoms with Crippen LogP contribution in [0.1, 0.15) is 42.4 Å². The van der Waals surface area contributed by atoms with Crippen LogP contribution < -0.4 is 16.4 Å². The molecule has 4 aliphatic rings. The average molecular weight is 706 g/mol. The zero-order valence-corrected chi connectivity index (χ0v) is 28.1. The number of nitrogens with zero attached hydrogens (tertiary/aromatic N) is 4. The zero-order valence-electron chi connectivity index (χ0n) is 27.3. The summed E-state index contributed by atoms with van der Waals surface area (Å²) in [6.07, 6.45) is -3.91. The van der Waals surface area contributed by atoms with E-state index in [0.717, 1.165) is 56.3 Å². The maximum atomic E-state index is 13.9. The van der Waals surface area contributed by atoms with Gasteiger partial charge >= 0.3 is 18.3 Å². The summed E-state index contributed by atoms with van der Waals surface area (Å²) < 4.78 is 47.2. The highest BCUT2D eigenvalue weighted by Crippen LogP contribution is 2.38. The Morgan fingerprint density at radius 2 is 1.59 bits per heavy atom. The van der Waals surface area contributed by atoms with Gasteiger partial charge in [-0.2, -0.15) is 13.2 Å². The van der Waals surface area contributed by atoms with E-state index in [1.54, 1.807) is 4.90 Å². The molecule has 0 bridgehead atoms. The topological polar surface area (TPSA) is 123 Å². The highest BCUT2D eigenvalue weighted by Gasteiger charge is 2.38. The number of ether oxygens (including phenoxy) is 1. The van der Waals surface area contributed by atoms with E-state index in [1.165, 1.54) is 11.0 Å². The number of likely N-dealkylation sites (tertiary alicyclic amines) is 2. The molecule has 0 unspecified atom stereocenters. The van der Waals surface area contributed by atoms with Gasteiger partial charge in [0.1, 0.15) is 0 Å². The van der Waals surface area contributed by atoms with Gasteiger partial charge in [0.15, 0.2) is 6.10 Å². The van der Waals surface area contributed by atoms with Crippen LogP contribution in [0.25, 0.3) is 0 Å². The largest absolute Gasteiger partial charge is 0.436 e. The third-order valence-electron chi connectivity index (χ3n) is 10.2. The molecule has 4 N–H and O–H groups in total. The van der Waals surface area contributed by atoms with Gasteiger partial charge in [0.2, 0.25) is 0 Å². The van der Waals surface area contributed by atoms with Crippen molar-refractivity contribution in [2.75, 3.05) is 70.0 Å². The first kappa shape index (κ1) is 35.1. The lowest BCUT2D eigenvalue weighted by Crippen LogP contribution is -2.54. The highest BCUT2D eigenvalue weighted by molar-refractivity contribution is 6.33. The van der Waals surface area contributed by atoms with Crippen molar-refractivity contribution in [2.24, 2.45) is 0 Å². The monoisotopic (exact) mass is 705 g/mol. The molecule has 15 heteroatoms. The third kappa shape index (κ3) is 8.18. The quantitative estimate of drug-likeness (QED) is 0.380. The number of carbonyl (C=O) groups is 3. The van der Waals surface area contributed by atoms with Gasteiger partial charge in [-0.25, -0.2) is 9.59 Å². The van der Waals surface area contributed by atoms with Crippen LogP contribution in [0.4, 0.5) is 34.1 Å². The maximum absolute atomic E-state index is 13.9. The van der Waals surface area contributed by atoms with Crippen molar-refractivity contribution >= 4 is 41.0 Å². The molecule has 0 spiro atoms. The number of carbonyl (C=O) groups excluding carboxylic acids is 3. The molecule has 0 radical (unpaired) electrons. The standard InChI is InChI=1S/C34H43ClF3N7O4/c35-27-20-22(19-26(30(27)39)34(36,37)38)21-29(31(46)43-12-6-24(7-13-43)42-17-10-40-11-18-42)49-33(48)44-14-8-25(9-15-44)45-16-5-23-3-1-2-4-28(23)41-32(45)47/h1-4,19-20,24-25,29,40H,5-18,21,39H2,(H,41,47)/t29-/m1/s1. The second-order valence-corrected chi connectivity index (χ2v) is 13.6. The molecule has 6 rings (SSSR count). The number of piperazine rings is 1. The molecule has 3 saturated heterocycles. The Hall–Kier alpha value is -3.75. The molecular formula is C34H43ClF3N7O4. The first-order chi connectivity index (χ1) is 23.5. The van der Waals surface area contributed by atoms with E-state index in [1.807, 2.05) is 29.2 Å². The number of nitrogen functional groups attached to an aromatic ring is 1. The summed E-state index contributed by atoms with van der Waals surface area (Å²) in [5.41, 5.74) is 5.89. The van der Waals surface area contributed by atoms with Crippen molar-refractivity contribution in [3.05, 3.63) is 58.1 Å². The minimum absolute atomic E-state index is 0.0836. The van der Waals surface area contributed by atoms with Crippen LogP contribution in [0.5, 0.6) is 0 Å². The van der Waals surface area contributed by atoms with Crippen LogP contribution in [0.15, 0.2) is 36.4 Å². The predicted octanol–water partition coefficient (Wildman–Crippen LogP) is 4.44. The van der Waals surface area contributed by atoms with Crippen molar-refractivity contribution in [1.82, 2.24) is 24.9 Å². The first-order valence-corrected chi connectivity index (χ1v) is 17.4. The molecule has 2 aromatic carbocycles. The summed E-state index contributed by atoms with van der Waals surface area (Å²) >= 11 is 6.10. The van der Waals surface area contributed by atoms with E-state index in [2.05, 4.69) is 15.5 Å². The fourth-order valence-electron chi connectivity index (χ4n) is 7.42. The number of fused-ring (bicyclic) bond motifs is 1. The normalized spacial score (nSPS) is 20.7. The molecule has 4 heterocycles. The van der Waals surface area contributed by atoms with Crippen molar-refractivity contribution in [3.63, 3.8) is 0 Å². The Bertz CT molecular complexity index is 1520. The summed E-state index contributed by atoms with van der Waals surface area (Å²) in [5, 5.41) is 6.04. The van der Waals surface area contributed by atoms with Crippen molar-refractivity contribution in [1.29, 1.82) is 0 Å². The van der Waals surface area contributed by atoms with E-state index in [9.17, 15) is 27.6 Å². The smallest absolute Gasteiger partial charge is 0.418 e. The molecule has 0 saturated carbocycles. The fraction of sp³-hybridized carbons (Fsp3) is 0.559. The Kier molecular flexibility index (Phi) is 10.8. The predicted molar refractivity (Wildman–Crippen MR) is 179 cm³/mol. The molecule has 49 heavy (non-hydrogen) atoms. The Morgan fingerprint density at radius 3 is 2.29 bits per heavy atom. The number of urea groups is 1. The van der Waals surface area contributed by atoms with E-state index >= 15 is 0 Å². The van der Waals surface area contributed by atoms with Gasteiger partial charge in [0, 0.05) is 83.1 Å². The van der Waals surface area contributed by atoms with Crippen LogP contribution >= 0.6 is 11.6 Å². The summed E-state index contributed by atoms with van der Waals surface area (Å²) in [7, 11) is 0. The lowest BCUT2D eigenvalue weighted by molar-refractivity contribution is -0.142. The average Bonchev–Trinajstić information content (AvgIpc) is 3.27. The number of nitrogens with two attached hydrogens (primary N) is 1. The minimum Gasteiger partial charge on any atom is -0.436 e. The maximum Gasteiger partial charge on any atom is 0.418 e. The Labute approximate surface area is 288 Å². The minimum atomic E-state index is -4.76.